The number of aromatic carboxylic acids is 1. The lowest BCUT2D eigenvalue weighted by atomic mass is 10.1. The molecule has 1 aromatic heterocycles. The summed E-state index contributed by atoms with van der Waals surface area (Å²) in [6, 6.07) is 1.72. The highest BCUT2D eigenvalue weighted by Gasteiger charge is 2.14. The molecule has 0 spiro atoms. The van der Waals surface area contributed by atoms with Gasteiger partial charge in [0.2, 0.25) is 0 Å². The average molecular weight is 218 g/mol. The molecular formula is C12H14N2O2. The highest BCUT2D eigenvalue weighted by atomic mass is 16.4. The highest BCUT2D eigenvalue weighted by Crippen LogP contribution is 2.19. The molecule has 1 rings (SSSR count). The fourth-order valence-electron chi connectivity index (χ4n) is 1.47. The van der Waals surface area contributed by atoms with E-state index in [9.17, 15) is 4.79 Å². The van der Waals surface area contributed by atoms with E-state index in [2.05, 4.69) is 22.1 Å². The lowest BCUT2D eigenvalue weighted by molar-refractivity contribution is 0.0696. The molecule has 0 unspecified atom stereocenters. The highest BCUT2D eigenvalue weighted by molar-refractivity contribution is 5.95. The van der Waals surface area contributed by atoms with Gasteiger partial charge in [-0.15, -0.1) is 5.92 Å². The van der Waals surface area contributed by atoms with Crippen molar-refractivity contribution < 1.29 is 9.90 Å². The minimum absolute atomic E-state index is 0.212. The first-order valence-corrected chi connectivity index (χ1v) is 4.91. The molecule has 1 heterocycles. The summed E-state index contributed by atoms with van der Waals surface area (Å²) in [7, 11) is 0. The lowest BCUT2D eigenvalue weighted by Crippen LogP contribution is -2.10. The molecule has 0 saturated carbocycles. The van der Waals surface area contributed by atoms with Gasteiger partial charge in [0.05, 0.1) is 17.9 Å². The maximum absolute atomic E-state index is 11.1. The minimum atomic E-state index is -0.975. The maximum atomic E-state index is 11.1. The molecule has 0 amide bonds. The quantitative estimate of drug-likeness (QED) is 0.760. The Balaban J connectivity index is 3.12. The molecule has 0 aliphatic heterocycles. The van der Waals surface area contributed by atoms with Crippen LogP contribution in [-0.4, -0.2) is 22.6 Å². The summed E-state index contributed by atoms with van der Waals surface area (Å²) < 4.78 is 0. The van der Waals surface area contributed by atoms with Crippen LogP contribution in [-0.2, 0) is 0 Å². The zero-order valence-corrected chi connectivity index (χ0v) is 9.59. The Morgan fingerprint density at radius 3 is 2.81 bits per heavy atom. The summed E-state index contributed by atoms with van der Waals surface area (Å²) in [5, 5.41) is 12.1. The van der Waals surface area contributed by atoms with E-state index in [0.29, 0.717) is 17.9 Å². The first-order chi connectivity index (χ1) is 7.56. The van der Waals surface area contributed by atoms with Crippen LogP contribution in [0.3, 0.4) is 0 Å². The number of carbonyl (C=O) groups is 1. The second kappa shape index (κ2) is 5.17. The van der Waals surface area contributed by atoms with Gasteiger partial charge in [0.15, 0.2) is 0 Å². The summed E-state index contributed by atoms with van der Waals surface area (Å²) in [5.74, 6) is 4.59. The Morgan fingerprint density at radius 2 is 2.25 bits per heavy atom. The van der Waals surface area contributed by atoms with Crippen LogP contribution in [0.15, 0.2) is 6.07 Å². The monoisotopic (exact) mass is 218 g/mol. The van der Waals surface area contributed by atoms with Gasteiger partial charge in [0.1, 0.15) is 5.56 Å². The molecule has 16 heavy (non-hydrogen) atoms. The number of hydrogen-bond donors (Lipinski definition) is 2. The predicted molar refractivity (Wildman–Crippen MR) is 62.6 cm³/mol. The van der Waals surface area contributed by atoms with Crippen LogP contribution in [0, 0.1) is 25.7 Å². The molecule has 0 fully saturated rings. The Labute approximate surface area is 94.7 Å². The normalized spacial score (nSPS) is 9.19. The number of carboxylic acid groups (broad SMARTS) is 1. The van der Waals surface area contributed by atoms with E-state index >= 15 is 0 Å². The molecule has 4 nitrogen and oxygen atoms in total. The van der Waals surface area contributed by atoms with Crippen LogP contribution in [0.1, 0.15) is 28.7 Å². The van der Waals surface area contributed by atoms with Crippen molar-refractivity contribution in [1.82, 2.24) is 4.98 Å². The van der Waals surface area contributed by atoms with Gasteiger partial charge >= 0.3 is 5.97 Å². The molecule has 0 radical (unpaired) electrons. The van der Waals surface area contributed by atoms with Crippen LogP contribution < -0.4 is 5.32 Å². The van der Waals surface area contributed by atoms with Crippen molar-refractivity contribution in [2.45, 2.75) is 20.8 Å². The van der Waals surface area contributed by atoms with E-state index < -0.39 is 5.97 Å². The number of nitrogens with zero attached hydrogens (tertiary/aromatic N) is 1. The third kappa shape index (κ3) is 2.74. The summed E-state index contributed by atoms with van der Waals surface area (Å²) in [6.07, 6.45) is 0. The van der Waals surface area contributed by atoms with Crippen LogP contribution in [0.25, 0.3) is 0 Å². The number of anilines is 1. The van der Waals surface area contributed by atoms with Gasteiger partial charge < -0.3 is 10.4 Å². The Morgan fingerprint density at radius 1 is 1.56 bits per heavy atom. The fourth-order valence-corrected chi connectivity index (χ4v) is 1.47. The smallest absolute Gasteiger partial charge is 0.339 e. The maximum Gasteiger partial charge on any atom is 0.339 e. The molecule has 1 aromatic rings. The first kappa shape index (κ1) is 12.1. The van der Waals surface area contributed by atoms with Crippen LogP contribution in [0.2, 0.25) is 0 Å². The number of aryl methyl sites for hydroxylation is 2. The van der Waals surface area contributed by atoms with Crippen LogP contribution >= 0.6 is 0 Å². The Bertz CT molecular complexity index is 470. The zero-order chi connectivity index (χ0) is 12.1. The summed E-state index contributed by atoms with van der Waals surface area (Å²) in [4.78, 5) is 15.2. The molecule has 0 aliphatic rings. The van der Waals surface area contributed by atoms with Gasteiger partial charge in [0, 0.05) is 5.69 Å². The predicted octanol–water partition coefficient (Wildman–Crippen LogP) is 1.83. The number of nitrogens with one attached hydrogen (secondary N) is 1. The standard InChI is InChI=1S/C12H14N2O2/c1-4-5-6-13-10-7-8(2)14-9(3)11(10)12(15)16/h7H,6H2,1-3H3,(H,13,14)(H,15,16). The van der Waals surface area contributed by atoms with Crippen molar-refractivity contribution in [1.29, 1.82) is 0 Å². The second-order valence-corrected chi connectivity index (χ2v) is 3.36. The van der Waals surface area contributed by atoms with Crippen molar-refractivity contribution in [3.63, 3.8) is 0 Å². The molecule has 0 aromatic carbocycles. The topological polar surface area (TPSA) is 62.2 Å². The molecule has 2 N–H and O–H groups in total. The average Bonchev–Trinajstić information content (AvgIpc) is 2.16. The number of hydrogen-bond acceptors (Lipinski definition) is 3. The largest absolute Gasteiger partial charge is 0.478 e. The minimum Gasteiger partial charge on any atom is -0.478 e. The summed E-state index contributed by atoms with van der Waals surface area (Å²) in [5.41, 5.74) is 2.08. The fraction of sp³-hybridized carbons (Fsp3) is 0.333. The van der Waals surface area contributed by atoms with Crippen molar-refractivity contribution in [2.24, 2.45) is 0 Å². The van der Waals surface area contributed by atoms with E-state index in [1.807, 2.05) is 6.92 Å². The van der Waals surface area contributed by atoms with Crippen LogP contribution in [0.4, 0.5) is 5.69 Å². The first-order valence-electron chi connectivity index (χ1n) is 4.91. The number of carboxylic acids is 1. The van der Waals surface area contributed by atoms with E-state index in [0.717, 1.165) is 5.69 Å². The van der Waals surface area contributed by atoms with Gasteiger partial charge in [0.25, 0.3) is 0 Å². The number of pyridine rings is 1. The summed E-state index contributed by atoms with van der Waals surface area (Å²) >= 11 is 0. The summed E-state index contributed by atoms with van der Waals surface area (Å²) in [6.45, 7) is 5.69. The van der Waals surface area contributed by atoms with Gasteiger partial charge in [-0.1, -0.05) is 5.92 Å². The van der Waals surface area contributed by atoms with E-state index in [1.54, 1.807) is 19.9 Å². The number of aromatic nitrogens is 1. The molecule has 84 valence electrons. The lowest BCUT2D eigenvalue weighted by Gasteiger charge is -2.10. The molecular weight excluding hydrogens is 204 g/mol. The van der Waals surface area contributed by atoms with Crippen molar-refractivity contribution in [3.05, 3.63) is 23.0 Å². The van der Waals surface area contributed by atoms with Crippen molar-refractivity contribution >= 4 is 11.7 Å². The Hall–Kier alpha value is -2.02. The second-order valence-electron chi connectivity index (χ2n) is 3.36. The third-order valence-electron chi connectivity index (χ3n) is 2.09. The Kier molecular flexibility index (Phi) is 3.90. The molecule has 4 heteroatoms. The zero-order valence-electron chi connectivity index (χ0n) is 9.59. The van der Waals surface area contributed by atoms with Gasteiger partial charge in [-0.25, -0.2) is 4.79 Å². The molecule has 0 saturated heterocycles. The molecule has 0 bridgehead atoms. The van der Waals surface area contributed by atoms with Gasteiger partial charge in [-0.05, 0) is 26.8 Å². The van der Waals surface area contributed by atoms with Crippen molar-refractivity contribution in [3.8, 4) is 11.8 Å². The van der Waals surface area contributed by atoms with E-state index in [-0.39, 0.29) is 5.56 Å². The van der Waals surface area contributed by atoms with E-state index in [4.69, 9.17) is 5.11 Å². The third-order valence-corrected chi connectivity index (χ3v) is 2.09. The van der Waals surface area contributed by atoms with Gasteiger partial charge in [-0.2, -0.15) is 0 Å². The van der Waals surface area contributed by atoms with Crippen molar-refractivity contribution in [2.75, 3.05) is 11.9 Å². The van der Waals surface area contributed by atoms with Gasteiger partial charge in [-0.3, -0.25) is 4.98 Å². The molecule has 0 aliphatic carbocycles. The van der Waals surface area contributed by atoms with E-state index in [1.165, 1.54) is 0 Å². The van der Waals surface area contributed by atoms with Crippen LogP contribution in [0.5, 0.6) is 0 Å². The molecule has 0 atom stereocenters. The number of rotatable bonds is 3. The SMILES string of the molecule is CC#CCNc1cc(C)nc(C)c1C(=O)O.